The topological polar surface area (TPSA) is 48.3 Å². The van der Waals surface area contributed by atoms with E-state index in [2.05, 4.69) is 4.74 Å². The third kappa shape index (κ3) is 3.16. The van der Waals surface area contributed by atoms with Gasteiger partial charge >= 0.3 is 5.97 Å². The lowest BCUT2D eigenvalue weighted by molar-refractivity contribution is -0.140. The maximum Gasteiger partial charge on any atom is 0.305 e. The Labute approximate surface area is 90.2 Å². The van der Waals surface area contributed by atoms with E-state index in [4.69, 9.17) is 11.6 Å². The zero-order valence-electron chi connectivity index (χ0n) is 7.66. The predicted molar refractivity (Wildman–Crippen MR) is 54.8 cm³/mol. The molecule has 0 fully saturated rings. The molecule has 0 amide bonds. The third-order valence-corrected chi connectivity index (χ3v) is 2.84. The van der Waals surface area contributed by atoms with Gasteiger partial charge < -0.3 is 4.74 Å². The number of nitrogens with zero attached hydrogens (tertiary/aromatic N) is 1. The van der Waals surface area contributed by atoms with Crippen LogP contribution < -0.4 is 5.56 Å². The van der Waals surface area contributed by atoms with Gasteiger partial charge in [-0.05, 0) is 18.0 Å². The fraction of sp³-hybridized carbons (Fsp3) is 0.500. The summed E-state index contributed by atoms with van der Waals surface area (Å²) in [5.41, 5.74) is -0.120. The Kier molecular flexibility index (Phi) is 4.16. The van der Waals surface area contributed by atoms with Gasteiger partial charge in [-0.25, -0.2) is 0 Å². The highest BCUT2D eigenvalue weighted by Gasteiger charge is 2.04. The number of carbonyl (C=O) groups excluding carboxylic acids is 1. The maximum atomic E-state index is 11.2. The minimum atomic E-state index is -0.263. The van der Waals surface area contributed by atoms with Crippen LogP contribution in [0.4, 0.5) is 0 Å². The first-order valence-electron chi connectivity index (χ1n) is 4.07. The van der Waals surface area contributed by atoms with Crippen LogP contribution in [0.5, 0.6) is 0 Å². The van der Waals surface area contributed by atoms with E-state index in [1.165, 1.54) is 28.7 Å². The highest BCUT2D eigenvalue weighted by atomic mass is 35.5. The first-order valence-corrected chi connectivity index (χ1v) is 5.22. The van der Waals surface area contributed by atoms with Crippen molar-refractivity contribution >= 4 is 29.1 Å². The number of carbonyl (C=O) groups is 1. The number of esters is 1. The van der Waals surface area contributed by atoms with Crippen molar-refractivity contribution in [1.29, 1.82) is 0 Å². The second-order valence-corrected chi connectivity index (χ2v) is 4.35. The minimum Gasteiger partial charge on any atom is -0.469 e. The van der Waals surface area contributed by atoms with Gasteiger partial charge in [0.25, 0.3) is 5.56 Å². The van der Waals surface area contributed by atoms with E-state index in [1.54, 1.807) is 0 Å². The van der Waals surface area contributed by atoms with Gasteiger partial charge in [0.15, 0.2) is 0 Å². The van der Waals surface area contributed by atoms with Gasteiger partial charge in [-0.1, -0.05) is 11.6 Å². The molecule has 0 radical (unpaired) electrons. The van der Waals surface area contributed by atoms with Crippen LogP contribution in [0.2, 0.25) is 4.34 Å². The number of rotatable bonds is 4. The Morgan fingerprint density at radius 1 is 1.71 bits per heavy atom. The first-order chi connectivity index (χ1) is 6.63. The van der Waals surface area contributed by atoms with Crippen molar-refractivity contribution in [3.8, 4) is 0 Å². The fourth-order valence-electron chi connectivity index (χ4n) is 0.971. The molecular formula is C8H10ClNO3S. The molecule has 0 aliphatic heterocycles. The highest BCUT2D eigenvalue weighted by Crippen LogP contribution is 2.12. The molecule has 0 aliphatic rings. The summed E-state index contributed by atoms with van der Waals surface area (Å²) in [5, 5.41) is 0. The number of aromatic nitrogens is 1. The van der Waals surface area contributed by atoms with Gasteiger partial charge in [0, 0.05) is 19.0 Å². The van der Waals surface area contributed by atoms with Gasteiger partial charge in [-0.15, -0.1) is 0 Å². The molecule has 14 heavy (non-hydrogen) atoms. The minimum absolute atomic E-state index is 0.120. The van der Waals surface area contributed by atoms with Crippen LogP contribution in [0.15, 0.2) is 10.9 Å². The summed E-state index contributed by atoms with van der Waals surface area (Å²) in [5.74, 6) is -0.263. The van der Waals surface area contributed by atoms with Crippen molar-refractivity contribution in [2.45, 2.75) is 19.4 Å². The van der Waals surface area contributed by atoms with Crippen molar-refractivity contribution < 1.29 is 9.53 Å². The Bertz CT molecular complexity index is 371. The molecule has 6 heteroatoms. The molecule has 0 aromatic carbocycles. The van der Waals surface area contributed by atoms with Crippen LogP contribution in [0.3, 0.4) is 0 Å². The SMILES string of the molecule is COC(=O)CCCn1sc(Cl)cc1=O. The Morgan fingerprint density at radius 3 is 2.93 bits per heavy atom. The van der Waals surface area contributed by atoms with E-state index in [9.17, 15) is 9.59 Å². The number of ether oxygens (including phenoxy) is 1. The average Bonchev–Trinajstić information content (AvgIpc) is 2.45. The zero-order valence-corrected chi connectivity index (χ0v) is 9.23. The maximum absolute atomic E-state index is 11.2. The number of hydrogen-bond acceptors (Lipinski definition) is 4. The van der Waals surface area contributed by atoms with Crippen LogP contribution in [0.25, 0.3) is 0 Å². The molecular weight excluding hydrogens is 226 g/mol. The predicted octanol–water partition coefficient (Wildman–Crippen LogP) is 1.52. The summed E-state index contributed by atoms with van der Waals surface area (Å²) in [7, 11) is 1.34. The lowest BCUT2D eigenvalue weighted by Gasteiger charge is -1.99. The van der Waals surface area contributed by atoms with Crippen LogP contribution in [0, 0.1) is 0 Å². The Morgan fingerprint density at radius 2 is 2.43 bits per heavy atom. The van der Waals surface area contributed by atoms with E-state index in [0.717, 1.165) is 0 Å². The van der Waals surface area contributed by atoms with Gasteiger partial charge in [-0.2, -0.15) is 0 Å². The lowest BCUT2D eigenvalue weighted by atomic mass is 10.3. The first kappa shape index (κ1) is 11.3. The molecule has 1 rings (SSSR count). The number of halogens is 1. The molecule has 4 nitrogen and oxygen atoms in total. The zero-order chi connectivity index (χ0) is 10.6. The third-order valence-electron chi connectivity index (χ3n) is 1.65. The van der Waals surface area contributed by atoms with Crippen molar-refractivity contribution in [1.82, 2.24) is 3.96 Å². The molecule has 0 N–H and O–H groups in total. The summed E-state index contributed by atoms with van der Waals surface area (Å²) in [6, 6.07) is 1.37. The van der Waals surface area contributed by atoms with Crippen LogP contribution in [-0.4, -0.2) is 17.0 Å². The largest absolute Gasteiger partial charge is 0.469 e. The molecule has 78 valence electrons. The summed E-state index contributed by atoms with van der Waals surface area (Å²) >= 11 is 6.83. The van der Waals surface area contributed by atoms with Crippen molar-refractivity contribution in [2.75, 3.05) is 7.11 Å². The molecule has 1 aromatic rings. The molecule has 0 spiro atoms. The number of hydrogen-bond donors (Lipinski definition) is 0. The van der Waals surface area contributed by atoms with E-state index >= 15 is 0 Å². The molecule has 1 aromatic heterocycles. The fourth-order valence-corrected chi connectivity index (χ4v) is 2.04. The Hall–Kier alpha value is -0.810. The summed E-state index contributed by atoms with van der Waals surface area (Å²) in [6.45, 7) is 0.505. The molecule has 0 saturated heterocycles. The van der Waals surface area contributed by atoms with Crippen LogP contribution in [-0.2, 0) is 16.1 Å². The highest BCUT2D eigenvalue weighted by molar-refractivity contribution is 7.11. The quantitative estimate of drug-likeness (QED) is 0.744. The van der Waals surface area contributed by atoms with Gasteiger partial charge in [0.2, 0.25) is 0 Å². The van der Waals surface area contributed by atoms with Crippen LogP contribution in [0.1, 0.15) is 12.8 Å². The molecule has 0 bridgehead atoms. The smallest absolute Gasteiger partial charge is 0.305 e. The Balaban J connectivity index is 2.42. The van der Waals surface area contributed by atoms with Crippen molar-refractivity contribution in [3.63, 3.8) is 0 Å². The van der Waals surface area contributed by atoms with Crippen molar-refractivity contribution in [2.24, 2.45) is 0 Å². The molecule has 1 heterocycles. The van der Waals surface area contributed by atoms with Gasteiger partial charge in [0.1, 0.15) is 4.34 Å². The average molecular weight is 236 g/mol. The van der Waals surface area contributed by atoms with E-state index in [0.29, 0.717) is 23.7 Å². The van der Waals surface area contributed by atoms with E-state index in [-0.39, 0.29) is 11.5 Å². The van der Waals surface area contributed by atoms with Crippen molar-refractivity contribution in [3.05, 3.63) is 20.8 Å². The van der Waals surface area contributed by atoms with E-state index in [1.807, 2.05) is 0 Å². The van der Waals surface area contributed by atoms with Gasteiger partial charge in [-0.3, -0.25) is 13.5 Å². The summed E-state index contributed by atoms with van der Waals surface area (Å²) in [4.78, 5) is 21.9. The van der Waals surface area contributed by atoms with Gasteiger partial charge in [0.05, 0.1) is 7.11 Å². The van der Waals surface area contributed by atoms with E-state index < -0.39 is 0 Å². The second-order valence-electron chi connectivity index (χ2n) is 2.66. The van der Waals surface area contributed by atoms with Crippen LogP contribution >= 0.6 is 23.1 Å². The summed E-state index contributed by atoms with van der Waals surface area (Å²) in [6.07, 6.45) is 0.905. The summed E-state index contributed by atoms with van der Waals surface area (Å²) < 4.78 is 6.46. The monoisotopic (exact) mass is 235 g/mol. The number of methoxy groups -OCH3 is 1. The number of aryl methyl sites for hydroxylation is 1. The normalized spacial score (nSPS) is 10.1. The molecule has 0 atom stereocenters. The molecule has 0 unspecified atom stereocenters. The standard InChI is InChI=1S/C8H10ClNO3S/c1-13-8(12)3-2-4-10-7(11)5-6(9)14-10/h5H,2-4H2,1H3. The molecule has 0 aliphatic carbocycles. The lowest BCUT2D eigenvalue weighted by Crippen LogP contribution is -2.13. The second kappa shape index (κ2) is 5.17. The molecule has 0 saturated carbocycles.